The van der Waals surface area contributed by atoms with Gasteiger partial charge in [-0.3, -0.25) is 19.2 Å². The highest BCUT2D eigenvalue weighted by Gasteiger charge is 2.64. The number of nitrogens with zero attached hydrogens (tertiary/aromatic N) is 3. The van der Waals surface area contributed by atoms with E-state index in [0.29, 0.717) is 15.6 Å². The Hall–Kier alpha value is -3.64. The van der Waals surface area contributed by atoms with Crippen LogP contribution < -0.4 is 0 Å². The van der Waals surface area contributed by atoms with Gasteiger partial charge < -0.3 is 24.1 Å². The zero-order valence-electron chi connectivity index (χ0n) is 23.6. The average Bonchev–Trinajstić information content (AvgIpc) is 3.33. The molecule has 0 aliphatic carbocycles. The van der Waals surface area contributed by atoms with Crippen molar-refractivity contribution < 1.29 is 43.1 Å². The van der Waals surface area contributed by atoms with Gasteiger partial charge in [0.25, 0.3) is 11.8 Å². The molecule has 1 aromatic carbocycles. The zero-order chi connectivity index (χ0) is 31.0. The average molecular weight is 624 g/mol. The van der Waals surface area contributed by atoms with Crippen LogP contribution in [-0.2, 0) is 44.8 Å². The highest BCUT2D eigenvalue weighted by Crippen LogP contribution is 2.51. The van der Waals surface area contributed by atoms with Crippen LogP contribution in [0.5, 0.6) is 0 Å². The number of carbonyl (C=O) groups is 6. The first kappa shape index (κ1) is 31.3. The molecule has 0 N–H and O–H groups in total. The monoisotopic (exact) mass is 623 g/mol. The van der Waals surface area contributed by atoms with E-state index < -0.39 is 59.1 Å². The third-order valence-corrected chi connectivity index (χ3v) is 7.64. The molecule has 0 unspecified atom stereocenters. The number of hydrogen-bond acceptors (Lipinski definition) is 9. The van der Waals surface area contributed by atoms with Crippen molar-refractivity contribution in [3.63, 3.8) is 0 Å². The molecule has 0 spiro atoms. The van der Waals surface area contributed by atoms with E-state index in [9.17, 15) is 28.8 Å². The Balaban J connectivity index is 1.77. The number of benzene rings is 1. The number of esters is 1. The van der Waals surface area contributed by atoms with E-state index in [1.807, 2.05) is 0 Å². The van der Waals surface area contributed by atoms with E-state index in [1.54, 1.807) is 45.9 Å². The fourth-order valence-corrected chi connectivity index (χ4v) is 5.70. The number of imide groups is 1. The van der Waals surface area contributed by atoms with Crippen molar-refractivity contribution in [2.75, 3.05) is 19.7 Å². The molecule has 14 heteroatoms. The van der Waals surface area contributed by atoms with Gasteiger partial charge in [-0.25, -0.2) is 9.59 Å². The maximum Gasteiger partial charge on any atom is 0.410 e. The van der Waals surface area contributed by atoms with Crippen molar-refractivity contribution >= 4 is 59.0 Å². The van der Waals surface area contributed by atoms with E-state index in [-0.39, 0.29) is 49.8 Å². The molecule has 0 aromatic heterocycles. The summed E-state index contributed by atoms with van der Waals surface area (Å²) in [6.45, 7) is 6.17. The molecule has 0 bridgehead atoms. The van der Waals surface area contributed by atoms with E-state index >= 15 is 0 Å². The normalized spacial score (nSPS) is 22.2. The number of carbonyl (C=O) groups excluding carboxylic acids is 6. The lowest BCUT2D eigenvalue weighted by Crippen LogP contribution is -2.54. The number of hydrogen-bond donors (Lipinski definition) is 0. The summed E-state index contributed by atoms with van der Waals surface area (Å²) in [4.78, 5) is 85.8. The summed E-state index contributed by atoms with van der Waals surface area (Å²) >= 11 is 12.4. The van der Waals surface area contributed by atoms with Gasteiger partial charge in [-0.15, -0.1) is 5.06 Å². The fraction of sp³-hybridized carbons (Fsp3) is 0.500. The van der Waals surface area contributed by atoms with Crippen molar-refractivity contribution in [2.24, 2.45) is 11.3 Å². The lowest BCUT2D eigenvalue weighted by atomic mass is 9.72. The maximum atomic E-state index is 14.1. The minimum atomic E-state index is -1.83. The molecule has 42 heavy (non-hydrogen) atoms. The van der Waals surface area contributed by atoms with Crippen LogP contribution in [0, 0.1) is 11.3 Å². The van der Waals surface area contributed by atoms with Crippen LogP contribution in [0.3, 0.4) is 0 Å². The standard InChI is InChI=1S/C28H31Cl2N3O9/c1-5-40-25(38)28-15-31(26(39)41-27(2,3)4)11-10-20(28)32(14-16-6-7-17(29)12-19(16)30)24(37)18(28)13-23(36)42-33-21(34)8-9-22(33)35/h6-7,10,12,18H,5,8-9,11,13-15H2,1-4H3/t18-,28-/m1/s1. The molecule has 2 saturated heterocycles. The van der Waals surface area contributed by atoms with Crippen molar-refractivity contribution in [1.82, 2.24) is 14.9 Å². The predicted molar refractivity (Wildman–Crippen MR) is 147 cm³/mol. The van der Waals surface area contributed by atoms with Crippen LogP contribution in [0.1, 0.15) is 52.5 Å². The van der Waals surface area contributed by atoms with Gasteiger partial charge in [0, 0.05) is 41.7 Å². The van der Waals surface area contributed by atoms with Gasteiger partial charge in [0.1, 0.15) is 11.0 Å². The molecule has 4 rings (SSSR count). The van der Waals surface area contributed by atoms with E-state index in [1.165, 1.54) is 15.9 Å². The molecule has 12 nitrogen and oxygen atoms in total. The van der Waals surface area contributed by atoms with Crippen LogP contribution in [0.4, 0.5) is 4.79 Å². The Morgan fingerprint density at radius 3 is 2.33 bits per heavy atom. The Kier molecular flexibility index (Phi) is 8.89. The molecule has 3 aliphatic rings. The number of hydroxylamine groups is 2. The number of amides is 4. The van der Waals surface area contributed by atoms with Gasteiger partial charge in [0.2, 0.25) is 5.91 Å². The molecule has 0 radical (unpaired) electrons. The first-order chi connectivity index (χ1) is 19.7. The third kappa shape index (κ3) is 6.10. The van der Waals surface area contributed by atoms with Crippen LogP contribution in [0.15, 0.2) is 30.0 Å². The first-order valence-electron chi connectivity index (χ1n) is 13.4. The molecule has 226 valence electrons. The van der Waals surface area contributed by atoms with Gasteiger partial charge in [-0.05, 0) is 51.5 Å². The van der Waals surface area contributed by atoms with Gasteiger partial charge in [0.05, 0.1) is 25.5 Å². The van der Waals surface area contributed by atoms with Crippen molar-refractivity contribution in [1.29, 1.82) is 0 Å². The smallest absolute Gasteiger partial charge is 0.410 e. The second kappa shape index (κ2) is 11.9. The second-order valence-electron chi connectivity index (χ2n) is 11.1. The maximum absolute atomic E-state index is 14.1. The van der Waals surface area contributed by atoms with E-state index in [0.717, 1.165) is 0 Å². The van der Waals surface area contributed by atoms with Crippen molar-refractivity contribution in [3.05, 3.63) is 45.6 Å². The lowest BCUT2D eigenvalue weighted by molar-refractivity contribution is -0.199. The zero-order valence-corrected chi connectivity index (χ0v) is 25.1. The summed E-state index contributed by atoms with van der Waals surface area (Å²) in [5, 5.41) is 1.03. The number of fused-ring (bicyclic) bond motifs is 1. The Morgan fingerprint density at radius 1 is 1.07 bits per heavy atom. The minimum absolute atomic E-state index is 0.00250. The van der Waals surface area contributed by atoms with E-state index in [2.05, 4.69) is 0 Å². The quantitative estimate of drug-likeness (QED) is 0.329. The molecule has 0 saturated carbocycles. The van der Waals surface area contributed by atoms with Crippen LogP contribution >= 0.6 is 23.2 Å². The molecule has 2 atom stereocenters. The predicted octanol–water partition coefficient (Wildman–Crippen LogP) is 3.63. The minimum Gasteiger partial charge on any atom is -0.465 e. The molecular formula is C28H31Cl2N3O9. The third-order valence-electron chi connectivity index (χ3n) is 7.06. The summed E-state index contributed by atoms with van der Waals surface area (Å²) in [6.07, 6.45) is -0.115. The van der Waals surface area contributed by atoms with Gasteiger partial charge >= 0.3 is 18.0 Å². The van der Waals surface area contributed by atoms with E-state index in [4.69, 9.17) is 37.5 Å². The highest BCUT2D eigenvalue weighted by atomic mass is 35.5. The molecule has 1 aromatic rings. The van der Waals surface area contributed by atoms with Gasteiger partial charge in [0.15, 0.2) is 0 Å². The molecule has 3 heterocycles. The number of halogens is 2. The number of likely N-dealkylation sites (tertiary alicyclic amines) is 1. The summed E-state index contributed by atoms with van der Waals surface area (Å²) in [5.74, 6) is -5.37. The number of rotatable bonds is 7. The topological polar surface area (TPSA) is 140 Å². The van der Waals surface area contributed by atoms with Crippen LogP contribution in [0.2, 0.25) is 10.0 Å². The summed E-state index contributed by atoms with van der Waals surface area (Å²) in [6, 6.07) is 4.74. The highest BCUT2D eigenvalue weighted by molar-refractivity contribution is 6.35. The van der Waals surface area contributed by atoms with Crippen molar-refractivity contribution in [2.45, 2.75) is 59.1 Å². The molecule has 3 aliphatic heterocycles. The largest absolute Gasteiger partial charge is 0.465 e. The van der Waals surface area contributed by atoms with Gasteiger partial charge in [-0.1, -0.05) is 29.3 Å². The fourth-order valence-electron chi connectivity index (χ4n) is 5.23. The SMILES string of the molecule is CCOC(=O)[C@@]12CN(C(=O)OC(C)(C)C)CC=C1N(Cc1ccc(Cl)cc1Cl)C(=O)[C@H]2CC(=O)ON1C(=O)CCC1=O. The summed E-state index contributed by atoms with van der Waals surface area (Å²) in [5.41, 5.74) is -1.94. The van der Waals surface area contributed by atoms with Gasteiger partial charge in [-0.2, -0.15) is 0 Å². The van der Waals surface area contributed by atoms with Crippen LogP contribution in [-0.4, -0.2) is 75.9 Å². The Labute approximate surface area is 252 Å². The van der Waals surface area contributed by atoms with Crippen molar-refractivity contribution in [3.8, 4) is 0 Å². The van der Waals surface area contributed by atoms with Crippen LogP contribution in [0.25, 0.3) is 0 Å². The first-order valence-corrected chi connectivity index (χ1v) is 14.1. The molecular weight excluding hydrogens is 593 g/mol. The molecule has 4 amide bonds. The summed E-state index contributed by atoms with van der Waals surface area (Å²) in [7, 11) is 0. The Morgan fingerprint density at radius 2 is 1.74 bits per heavy atom. The lowest BCUT2D eigenvalue weighted by Gasteiger charge is -2.40. The second-order valence-corrected chi connectivity index (χ2v) is 11.9. The number of ether oxygens (including phenoxy) is 2. The summed E-state index contributed by atoms with van der Waals surface area (Å²) < 4.78 is 10.9. The Bertz CT molecular complexity index is 1360. The molecule has 2 fully saturated rings.